The number of fused-ring (bicyclic) bond motifs is 2. The Kier molecular flexibility index (Phi) is 7.03. The van der Waals surface area contributed by atoms with Gasteiger partial charge in [-0.05, 0) is 35.7 Å². The lowest BCUT2D eigenvalue weighted by Gasteiger charge is -2.20. The van der Waals surface area contributed by atoms with Gasteiger partial charge in [-0.3, -0.25) is 4.79 Å². The van der Waals surface area contributed by atoms with Gasteiger partial charge in [0.15, 0.2) is 0 Å². The highest BCUT2D eigenvalue weighted by Gasteiger charge is 2.24. The summed E-state index contributed by atoms with van der Waals surface area (Å²) in [6, 6.07) is 23.8. The molecular weight excluding hydrogens is 448 g/mol. The predicted octanol–water partition coefficient (Wildman–Crippen LogP) is 5.97. The molecule has 1 amide bonds. The van der Waals surface area contributed by atoms with Crippen LogP contribution in [0.2, 0.25) is 0 Å². The third-order valence-corrected chi connectivity index (χ3v) is 6.67. The Morgan fingerprint density at radius 1 is 1.08 bits per heavy atom. The Bertz CT molecular complexity index is 1470. The SMILES string of the molecule is CCCCn1c(C(Cc2c[nH]c3ccccc23)NC(=O)Cc2ccccc2)nc2ccc(OC)cc21. The van der Waals surface area contributed by atoms with Crippen molar-refractivity contribution in [2.75, 3.05) is 7.11 Å². The van der Waals surface area contributed by atoms with Crippen LogP contribution in [0.1, 0.15) is 42.8 Å². The van der Waals surface area contributed by atoms with Gasteiger partial charge >= 0.3 is 0 Å². The van der Waals surface area contributed by atoms with Crippen molar-refractivity contribution in [2.45, 2.75) is 45.2 Å². The molecule has 6 heteroatoms. The monoisotopic (exact) mass is 480 g/mol. The quantitative estimate of drug-likeness (QED) is 0.259. The largest absolute Gasteiger partial charge is 0.497 e. The average molecular weight is 481 g/mol. The van der Waals surface area contributed by atoms with Crippen LogP contribution in [0.4, 0.5) is 0 Å². The number of hydrogen-bond donors (Lipinski definition) is 2. The zero-order valence-electron chi connectivity index (χ0n) is 20.8. The van der Waals surface area contributed by atoms with Gasteiger partial charge in [-0.2, -0.15) is 0 Å². The molecule has 0 fully saturated rings. The normalized spacial score (nSPS) is 12.2. The first-order valence-electron chi connectivity index (χ1n) is 12.6. The number of para-hydroxylation sites is 1. The third-order valence-electron chi connectivity index (χ3n) is 6.67. The number of ether oxygens (including phenoxy) is 1. The zero-order chi connectivity index (χ0) is 24.9. The number of carbonyl (C=O) groups is 1. The molecule has 0 saturated heterocycles. The zero-order valence-corrected chi connectivity index (χ0v) is 20.8. The third kappa shape index (κ3) is 4.98. The highest BCUT2D eigenvalue weighted by Crippen LogP contribution is 2.29. The second-order valence-electron chi connectivity index (χ2n) is 9.18. The van der Waals surface area contributed by atoms with E-state index < -0.39 is 0 Å². The van der Waals surface area contributed by atoms with E-state index in [-0.39, 0.29) is 11.9 Å². The van der Waals surface area contributed by atoms with Crippen molar-refractivity contribution in [3.63, 3.8) is 0 Å². The number of unbranched alkanes of at least 4 members (excludes halogenated alkanes) is 1. The van der Waals surface area contributed by atoms with Crippen LogP contribution >= 0.6 is 0 Å². The van der Waals surface area contributed by atoms with E-state index in [1.165, 1.54) is 0 Å². The maximum absolute atomic E-state index is 13.3. The maximum Gasteiger partial charge on any atom is 0.225 e. The highest BCUT2D eigenvalue weighted by atomic mass is 16.5. The average Bonchev–Trinajstić information content (AvgIpc) is 3.48. The molecular formula is C30H32N4O2. The van der Waals surface area contributed by atoms with Crippen molar-refractivity contribution in [3.8, 4) is 5.75 Å². The number of H-pyrrole nitrogens is 1. The first kappa shape index (κ1) is 23.7. The van der Waals surface area contributed by atoms with Crippen molar-refractivity contribution >= 4 is 27.8 Å². The number of aromatic amines is 1. The molecule has 0 radical (unpaired) electrons. The number of methoxy groups -OCH3 is 1. The molecule has 0 aliphatic rings. The molecule has 1 unspecified atom stereocenters. The Hall–Kier alpha value is -4.06. The molecule has 0 bridgehead atoms. The minimum absolute atomic E-state index is 0.0160. The summed E-state index contributed by atoms with van der Waals surface area (Å²) in [7, 11) is 1.68. The predicted molar refractivity (Wildman–Crippen MR) is 144 cm³/mol. The lowest BCUT2D eigenvalue weighted by atomic mass is 10.0. The van der Waals surface area contributed by atoms with E-state index in [1.54, 1.807) is 7.11 Å². The van der Waals surface area contributed by atoms with E-state index in [4.69, 9.17) is 9.72 Å². The molecule has 0 aliphatic heterocycles. The minimum Gasteiger partial charge on any atom is -0.497 e. The van der Waals surface area contributed by atoms with Crippen molar-refractivity contribution in [3.05, 3.63) is 95.9 Å². The van der Waals surface area contributed by atoms with Gasteiger partial charge < -0.3 is 19.6 Å². The van der Waals surface area contributed by atoms with Gasteiger partial charge in [-0.25, -0.2) is 4.98 Å². The summed E-state index contributed by atoms with van der Waals surface area (Å²) in [5.41, 5.74) is 5.17. The fourth-order valence-electron chi connectivity index (χ4n) is 4.82. The number of aryl methyl sites for hydroxylation is 1. The smallest absolute Gasteiger partial charge is 0.225 e. The van der Waals surface area contributed by atoms with Crippen LogP contribution in [0.3, 0.4) is 0 Å². The summed E-state index contributed by atoms with van der Waals surface area (Å²) in [5, 5.41) is 4.49. The molecule has 2 N–H and O–H groups in total. The van der Waals surface area contributed by atoms with Gasteiger partial charge in [0, 0.05) is 36.1 Å². The summed E-state index contributed by atoms with van der Waals surface area (Å²) in [5.74, 6) is 1.66. The second kappa shape index (κ2) is 10.7. The highest BCUT2D eigenvalue weighted by molar-refractivity contribution is 5.84. The number of hydrogen-bond acceptors (Lipinski definition) is 3. The summed E-state index contributed by atoms with van der Waals surface area (Å²) >= 11 is 0. The lowest BCUT2D eigenvalue weighted by molar-refractivity contribution is -0.121. The number of benzene rings is 3. The summed E-state index contributed by atoms with van der Waals surface area (Å²) in [6.45, 7) is 3.01. The molecule has 0 spiro atoms. The summed E-state index contributed by atoms with van der Waals surface area (Å²) in [6.07, 6.45) is 5.10. The second-order valence-corrected chi connectivity index (χ2v) is 9.18. The van der Waals surface area contributed by atoms with Gasteiger partial charge in [0.25, 0.3) is 0 Å². The number of nitrogens with one attached hydrogen (secondary N) is 2. The van der Waals surface area contributed by atoms with Crippen LogP contribution in [0, 0.1) is 0 Å². The Morgan fingerprint density at radius 2 is 1.89 bits per heavy atom. The Balaban J connectivity index is 1.55. The van der Waals surface area contributed by atoms with Crippen molar-refractivity contribution in [1.29, 1.82) is 0 Å². The van der Waals surface area contributed by atoms with E-state index in [2.05, 4.69) is 33.9 Å². The number of imidazole rings is 1. The van der Waals surface area contributed by atoms with E-state index in [0.29, 0.717) is 12.8 Å². The fourth-order valence-corrected chi connectivity index (χ4v) is 4.82. The molecule has 5 rings (SSSR count). The molecule has 36 heavy (non-hydrogen) atoms. The van der Waals surface area contributed by atoms with Gasteiger partial charge in [-0.15, -0.1) is 0 Å². The standard InChI is InChI=1S/C30H32N4O2/c1-3-4-16-34-28-19-23(36-2)14-15-26(28)33-30(34)27(32-29(35)17-21-10-6-5-7-11-21)18-22-20-31-25-13-9-8-12-24(22)25/h5-15,19-20,27,31H,3-4,16-18H2,1-2H3,(H,32,35). The van der Waals surface area contributed by atoms with Gasteiger partial charge in [0.1, 0.15) is 11.6 Å². The first-order chi connectivity index (χ1) is 17.7. The summed E-state index contributed by atoms with van der Waals surface area (Å²) in [4.78, 5) is 21.7. The van der Waals surface area contributed by atoms with E-state index in [9.17, 15) is 4.79 Å². The molecule has 0 saturated carbocycles. The van der Waals surface area contributed by atoms with E-state index >= 15 is 0 Å². The molecule has 2 aromatic heterocycles. The molecule has 0 aliphatic carbocycles. The van der Waals surface area contributed by atoms with Crippen LogP contribution in [-0.2, 0) is 24.2 Å². The van der Waals surface area contributed by atoms with Gasteiger partial charge in [0.05, 0.1) is 30.6 Å². The van der Waals surface area contributed by atoms with Crippen molar-refractivity contribution in [2.24, 2.45) is 0 Å². The molecule has 2 heterocycles. The molecule has 1 atom stereocenters. The number of nitrogens with zero attached hydrogens (tertiary/aromatic N) is 2. The minimum atomic E-state index is -0.282. The number of carbonyl (C=O) groups excluding carboxylic acids is 1. The number of amides is 1. The van der Waals surface area contributed by atoms with Crippen LogP contribution < -0.4 is 10.1 Å². The molecule has 5 aromatic rings. The summed E-state index contributed by atoms with van der Waals surface area (Å²) < 4.78 is 7.75. The number of rotatable bonds is 10. The van der Waals surface area contributed by atoms with Crippen LogP contribution in [0.25, 0.3) is 21.9 Å². The van der Waals surface area contributed by atoms with Crippen LogP contribution in [-0.4, -0.2) is 27.6 Å². The molecule has 3 aromatic carbocycles. The van der Waals surface area contributed by atoms with Crippen LogP contribution in [0.15, 0.2) is 79.0 Å². The van der Waals surface area contributed by atoms with Gasteiger partial charge in [0.2, 0.25) is 5.91 Å². The lowest BCUT2D eigenvalue weighted by Crippen LogP contribution is -2.33. The topological polar surface area (TPSA) is 71.9 Å². The van der Waals surface area contributed by atoms with E-state index in [1.807, 2.05) is 66.9 Å². The first-order valence-corrected chi connectivity index (χ1v) is 12.6. The van der Waals surface area contributed by atoms with Crippen molar-refractivity contribution in [1.82, 2.24) is 19.9 Å². The van der Waals surface area contributed by atoms with E-state index in [0.717, 1.165) is 64.0 Å². The van der Waals surface area contributed by atoms with Crippen LogP contribution in [0.5, 0.6) is 5.75 Å². The van der Waals surface area contributed by atoms with Gasteiger partial charge in [-0.1, -0.05) is 61.9 Å². The Labute approximate surface area is 211 Å². The maximum atomic E-state index is 13.3. The molecule has 184 valence electrons. The number of aromatic nitrogens is 3. The molecule has 6 nitrogen and oxygen atoms in total. The fraction of sp³-hybridized carbons (Fsp3) is 0.267. The van der Waals surface area contributed by atoms with Crippen molar-refractivity contribution < 1.29 is 9.53 Å². The Morgan fingerprint density at radius 3 is 2.69 bits per heavy atom.